The van der Waals surface area contributed by atoms with Crippen LogP contribution in [0.25, 0.3) is 0 Å². The number of aromatic nitrogens is 1. The Morgan fingerprint density at radius 3 is 2.25 bits per heavy atom. The summed E-state index contributed by atoms with van der Waals surface area (Å²) >= 11 is 12.3. The Balaban J connectivity index is 2.04. The van der Waals surface area contributed by atoms with Gasteiger partial charge in [0.05, 0.1) is 17.2 Å². The zero-order valence-electron chi connectivity index (χ0n) is 19.4. The molecular formula is C25H22Cl2F3NO5. The maximum Gasteiger partial charge on any atom is 0.422 e. The number of nitrogens with one attached hydrogen (secondary N) is 1. The van der Waals surface area contributed by atoms with E-state index in [4.69, 9.17) is 32.7 Å². The normalized spacial score (nSPS) is 14.1. The van der Waals surface area contributed by atoms with E-state index in [1.165, 1.54) is 50.2 Å². The minimum atomic E-state index is -5.12. The molecule has 1 heterocycles. The molecule has 3 aromatic rings. The van der Waals surface area contributed by atoms with E-state index in [1.807, 2.05) is 0 Å². The molecule has 0 amide bonds. The summed E-state index contributed by atoms with van der Waals surface area (Å²) in [5.74, 6) is -2.00. The summed E-state index contributed by atoms with van der Waals surface area (Å²) in [5, 5.41) is 11.2. The lowest BCUT2D eigenvalue weighted by atomic mass is 9.77. The highest BCUT2D eigenvalue weighted by Crippen LogP contribution is 2.50. The molecule has 0 aliphatic heterocycles. The number of benzene rings is 2. The summed E-state index contributed by atoms with van der Waals surface area (Å²) < 4.78 is 53.7. The summed E-state index contributed by atoms with van der Waals surface area (Å²) in [6.07, 6.45) is -5.12. The number of aryl methyl sites for hydroxylation is 1. The molecule has 2 atom stereocenters. The van der Waals surface area contributed by atoms with Gasteiger partial charge in [-0.05, 0) is 61.9 Å². The third-order valence-corrected chi connectivity index (χ3v) is 6.36. The Labute approximate surface area is 214 Å². The smallest absolute Gasteiger partial charge is 0.422 e. The van der Waals surface area contributed by atoms with Crippen LogP contribution in [0.15, 0.2) is 53.3 Å². The number of aliphatic hydroxyl groups is 1. The van der Waals surface area contributed by atoms with Crippen molar-refractivity contribution >= 4 is 29.2 Å². The number of esters is 1. The van der Waals surface area contributed by atoms with E-state index in [0.717, 1.165) is 12.1 Å². The van der Waals surface area contributed by atoms with Crippen molar-refractivity contribution in [3.63, 3.8) is 0 Å². The van der Waals surface area contributed by atoms with Crippen LogP contribution in [-0.2, 0) is 10.3 Å². The van der Waals surface area contributed by atoms with Gasteiger partial charge in [0, 0.05) is 28.3 Å². The quantitative estimate of drug-likeness (QED) is 0.331. The van der Waals surface area contributed by atoms with Crippen LogP contribution < -0.4 is 10.3 Å². The number of H-pyrrole nitrogens is 1. The lowest BCUT2D eigenvalue weighted by Gasteiger charge is -2.37. The molecule has 0 fully saturated rings. The predicted octanol–water partition coefficient (Wildman–Crippen LogP) is 6.51. The summed E-state index contributed by atoms with van der Waals surface area (Å²) in [5.41, 5.74) is -4.64. The van der Waals surface area contributed by atoms with E-state index in [9.17, 15) is 27.9 Å². The van der Waals surface area contributed by atoms with Gasteiger partial charge in [-0.2, -0.15) is 13.2 Å². The van der Waals surface area contributed by atoms with Crippen molar-refractivity contribution in [3.05, 3.63) is 91.3 Å². The highest BCUT2D eigenvalue weighted by atomic mass is 35.5. The van der Waals surface area contributed by atoms with Crippen LogP contribution in [0.5, 0.6) is 11.5 Å². The van der Waals surface area contributed by atoms with Gasteiger partial charge in [0.25, 0.3) is 0 Å². The molecule has 0 radical (unpaired) electrons. The largest absolute Gasteiger partial charge is 0.462 e. The number of halogens is 5. The number of carbonyl (C=O) groups is 1. The molecule has 11 heteroatoms. The lowest BCUT2D eigenvalue weighted by molar-refractivity contribution is -0.274. The highest BCUT2D eigenvalue weighted by molar-refractivity contribution is 6.33. The number of hydrogen-bond acceptors (Lipinski definition) is 5. The van der Waals surface area contributed by atoms with Gasteiger partial charge in [0.1, 0.15) is 11.5 Å². The maximum absolute atomic E-state index is 14.3. The molecule has 0 aliphatic carbocycles. The molecule has 0 saturated heterocycles. The molecule has 2 unspecified atom stereocenters. The standard InChI is InChI=1S/C25H22Cl2F3NO5/c1-4-35-23(33)18-12-16(6-9-21(18)27)36-15-5-8-20(26)17(11-15)13(2)24(34,25(28,29)30)19-7-10-22(32)31-14(19)3/h5-13,34H,4H2,1-3H3,(H,31,32). The van der Waals surface area contributed by atoms with Gasteiger partial charge < -0.3 is 19.6 Å². The van der Waals surface area contributed by atoms with Gasteiger partial charge >= 0.3 is 12.1 Å². The van der Waals surface area contributed by atoms with E-state index < -0.39 is 34.8 Å². The average Bonchev–Trinajstić information content (AvgIpc) is 2.80. The third-order valence-electron chi connectivity index (χ3n) is 5.69. The molecule has 2 N–H and O–H groups in total. The van der Waals surface area contributed by atoms with E-state index in [1.54, 1.807) is 6.92 Å². The van der Waals surface area contributed by atoms with Crippen LogP contribution in [0.1, 0.15) is 46.9 Å². The summed E-state index contributed by atoms with van der Waals surface area (Å²) in [4.78, 5) is 26.0. The fraction of sp³-hybridized carbons (Fsp3) is 0.280. The van der Waals surface area contributed by atoms with Gasteiger partial charge in [-0.15, -0.1) is 0 Å². The lowest BCUT2D eigenvalue weighted by Crippen LogP contribution is -2.47. The van der Waals surface area contributed by atoms with Gasteiger partial charge in [0.2, 0.25) is 5.56 Å². The Hall–Kier alpha value is -3.01. The number of hydrogen-bond donors (Lipinski definition) is 2. The maximum atomic E-state index is 14.3. The average molecular weight is 544 g/mol. The summed E-state index contributed by atoms with van der Waals surface area (Å²) in [7, 11) is 0. The van der Waals surface area contributed by atoms with Crippen molar-refractivity contribution in [2.75, 3.05) is 6.61 Å². The van der Waals surface area contributed by atoms with Crippen LogP contribution in [-0.4, -0.2) is 28.8 Å². The minimum Gasteiger partial charge on any atom is -0.462 e. The second-order valence-corrected chi connectivity index (χ2v) is 8.81. The monoisotopic (exact) mass is 543 g/mol. The first kappa shape index (κ1) is 27.6. The molecule has 36 heavy (non-hydrogen) atoms. The van der Waals surface area contributed by atoms with Crippen molar-refractivity contribution in [1.82, 2.24) is 4.98 Å². The van der Waals surface area contributed by atoms with Crippen molar-refractivity contribution in [1.29, 1.82) is 0 Å². The number of ether oxygens (including phenoxy) is 2. The number of alkyl halides is 3. The Morgan fingerprint density at radius 1 is 1.06 bits per heavy atom. The summed E-state index contributed by atoms with van der Waals surface area (Å²) in [6.45, 7) is 4.21. The molecule has 0 aliphatic rings. The molecule has 1 aromatic heterocycles. The summed E-state index contributed by atoms with van der Waals surface area (Å²) in [6, 6.07) is 10.1. The van der Waals surface area contributed by atoms with Crippen LogP contribution in [0.2, 0.25) is 10.0 Å². The fourth-order valence-electron chi connectivity index (χ4n) is 3.83. The molecule has 0 spiro atoms. The first-order valence-electron chi connectivity index (χ1n) is 10.7. The Bertz CT molecular complexity index is 1340. The van der Waals surface area contributed by atoms with E-state index in [2.05, 4.69) is 4.98 Å². The molecular weight excluding hydrogens is 522 g/mol. The molecule has 3 rings (SSSR count). The SMILES string of the molecule is CCOC(=O)c1cc(Oc2ccc(Cl)c(C(C)C(O)(c3ccc(=O)[nH]c3C)C(F)(F)F)c2)ccc1Cl. The van der Waals surface area contributed by atoms with Crippen molar-refractivity contribution in [3.8, 4) is 11.5 Å². The zero-order chi connectivity index (χ0) is 26.8. The fourth-order valence-corrected chi connectivity index (χ4v) is 4.31. The van der Waals surface area contributed by atoms with Gasteiger partial charge in [-0.25, -0.2) is 4.79 Å². The van der Waals surface area contributed by atoms with Crippen molar-refractivity contribution in [2.24, 2.45) is 0 Å². The minimum absolute atomic E-state index is 0.0390. The van der Waals surface area contributed by atoms with Crippen LogP contribution in [0.3, 0.4) is 0 Å². The van der Waals surface area contributed by atoms with Crippen LogP contribution in [0, 0.1) is 6.92 Å². The second kappa shape index (κ2) is 10.5. The Morgan fingerprint density at radius 2 is 1.67 bits per heavy atom. The number of pyridine rings is 1. The first-order chi connectivity index (χ1) is 16.8. The van der Waals surface area contributed by atoms with Gasteiger partial charge in [-0.3, -0.25) is 4.79 Å². The number of carbonyl (C=O) groups excluding carboxylic acids is 1. The van der Waals surface area contributed by atoms with Crippen LogP contribution in [0.4, 0.5) is 13.2 Å². The van der Waals surface area contributed by atoms with Gasteiger partial charge in [0.15, 0.2) is 5.60 Å². The zero-order valence-corrected chi connectivity index (χ0v) is 20.9. The van der Waals surface area contributed by atoms with Crippen molar-refractivity contribution in [2.45, 2.75) is 38.5 Å². The predicted molar refractivity (Wildman–Crippen MR) is 129 cm³/mol. The molecule has 0 saturated carbocycles. The first-order valence-corrected chi connectivity index (χ1v) is 11.5. The number of rotatable bonds is 7. The van der Waals surface area contributed by atoms with E-state index >= 15 is 0 Å². The number of aromatic amines is 1. The third kappa shape index (κ3) is 5.38. The molecule has 2 aromatic carbocycles. The van der Waals surface area contributed by atoms with Crippen molar-refractivity contribution < 1.29 is 32.5 Å². The van der Waals surface area contributed by atoms with E-state index in [0.29, 0.717) is 0 Å². The van der Waals surface area contributed by atoms with Gasteiger partial charge in [-0.1, -0.05) is 30.1 Å². The Kier molecular flexibility index (Phi) is 8.07. The molecule has 0 bridgehead atoms. The highest BCUT2D eigenvalue weighted by Gasteiger charge is 2.59. The molecule has 6 nitrogen and oxygen atoms in total. The van der Waals surface area contributed by atoms with Crippen LogP contribution >= 0.6 is 23.2 Å². The molecule has 192 valence electrons. The second-order valence-electron chi connectivity index (χ2n) is 7.99. The van der Waals surface area contributed by atoms with E-state index in [-0.39, 0.29) is 45.0 Å². The topological polar surface area (TPSA) is 88.6 Å².